The molecule has 1 aromatic heterocycles. The maximum absolute atomic E-state index is 4.22. The summed E-state index contributed by atoms with van der Waals surface area (Å²) in [7, 11) is 0. The van der Waals surface area contributed by atoms with Crippen molar-refractivity contribution in [2.24, 2.45) is 0 Å². The van der Waals surface area contributed by atoms with Crippen molar-refractivity contribution in [3.63, 3.8) is 0 Å². The number of hydrogen-bond donors (Lipinski definition) is 1. The van der Waals surface area contributed by atoms with Gasteiger partial charge < -0.3 is 5.32 Å². The van der Waals surface area contributed by atoms with Crippen LogP contribution in [0, 0.1) is 0 Å². The van der Waals surface area contributed by atoms with Gasteiger partial charge in [0.05, 0.1) is 12.2 Å². The Balaban J connectivity index is 1.78. The van der Waals surface area contributed by atoms with Gasteiger partial charge in [0.25, 0.3) is 0 Å². The van der Waals surface area contributed by atoms with Crippen LogP contribution in [0.2, 0.25) is 0 Å². The van der Waals surface area contributed by atoms with Crippen LogP contribution in [0.25, 0.3) is 0 Å². The molecule has 1 aromatic rings. The van der Waals surface area contributed by atoms with Crippen molar-refractivity contribution in [2.75, 3.05) is 19.6 Å². The molecule has 1 saturated carbocycles. The highest BCUT2D eigenvalue weighted by Gasteiger charge is 2.19. The highest BCUT2D eigenvalue weighted by atomic mass is 15.4. The predicted molar refractivity (Wildman–Crippen MR) is 81.5 cm³/mol. The van der Waals surface area contributed by atoms with E-state index in [1.165, 1.54) is 32.1 Å². The topological polar surface area (TPSA) is 46.0 Å². The minimum Gasteiger partial charge on any atom is -0.311 e. The van der Waals surface area contributed by atoms with Gasteiger partial charge in [0.1, 0.15) is 0 Å². The second-order valence-electron chi connectivity index (χ2n) is 5.67. The van der Waals surface area contributed by atoms with Gasteiger partial charge in [-0.1, -0.05) is 38.3 Å². The van der Waals surface area contributed by atoms with Crippen LogP contribution in [0.15, 0.2) is 6.20 Å². The van der Waals surface area contributed by atoms with Crippen molar-refractivity contribution < 1.29 is 0 Å². The normalized spacial score (nSPS) is 16.9. The number of nitrogens with one attached hydrogen (secondary N) is 1. The standard InChI is InChI=1S/C15H29N5/c1-3-16-12-14-13-20(18-17-14)11-10-19(4-2)15-8-6-5-7-9-15/h13,15-16H,3-12H2,1-2H3. The molecule has 0 radical (unpaired) electrons. The Morgan fingerprint density at radius 1 is 1.30 bits per heavy atom. The van der Waals surface area contributed by atoms with Crippen molar-refractivity contribution in [3.8, 4) is 0 Å². The second kappa shape index (κ2) is 8.37. The first-order chi connectivity index (χ1) is 9.83. The summed E-state index contributed by atoms with van der Waals surface area (Å²) in [6, 6.07) is 0.790. The van der Waals surface area contributed by atoms with E-state index in [1.54, 1.807) is 0 Å². The van der Waals surface area contributed by atoms with Crippen molar-refractivity contribution >= 4 is 0 Å². The summed E-state index contributed by atoms with van der Waals surface area (Å²) in [5.74, 6) is 0. The Bertz CT molecular complexity index is 370. The summed E-state index contributed by atoms with van der Waals surface area (Å²) in [6.45, 7) is 9.34. The van der Waals surface area contributed by atoms with Gasteiger partial charge in [-0.2, -0.15) is 0 Å². The first kappa shape index (κ1) is 15.4. The first-order valence-corrected chi connectivity index (χ1v) is 8.17. The number of nitrogens with zero attached hydrogens (tertiary/aromatic N) is 4. The molecule has 1 aliphatic rings. The summed E-state index contributed by atoms with van der Waals surface area (Å²) < 4.78 is 1.98. The Morgan fingerprint density at radius 2 is 2.10 bits per heavy atom. The molecule has 20 heavy (non-hydrogen) atoms. The van der Waals surface area contributed by atoms with Crippen molar-refractivity contribution in [3.05, 3.63) is 11.9 Å². The smallest absolute Gasteiger partial charge is 0.0964 e. The van der Waals surface area contributed by atoms with E-state index in [-0.39, 0.29) is 0 Å². The Kier molecular flexibility index (Phi) is 6.47. The minimum atomic E-state index is 0.790. The van der Waals surface area contributed by atoms with E-state index in [0.717, 1.165) is 44.5 Å². The Labute approximate surface area is 122 Å². The van der Waals surface area contributed by atoms with Crippen LogP contribution in [-0.2, 0) is 13.1 Å². The fourth-order valence-corrected chi connectivity index (χ4v) is 3.06. The number of aromatic nitrogens is 3. The molecule has 0 bridgehead atoms. The van der Waals surface area contributed by atoms with Crippen molar-refractivity contribution in [1.29, 1.82) is 0 Å². The molecule has 1 fully saturated rings. The third kappa shape index (κ3) is 4.56. The van der Waals surface area contributed by atoms with E-state index in [4.69, 9.17) is 0 Å². The predicted octanol–water partition coefficient (Wildman–Crippen LogP) is 2.04. The van der Waals surface area contributed by atoms with Crippen LogP contribution in [-0.4, -0.2) is 45.6 Å². The molecular formula is C15H29N5. The average molecular weight is 279 g/mol. The molecule has 0 saturated heterocycles. The summed E-state index contributed by atoms with van der Waals surface area (Å²) in [4.78, 5) is 2.62. The van der Waals surface area contributed by atoms with Gasteiger partial charge in [0.15, 0.2) is 0 Å². The molecule has 1 heterocycles. The molecule has 0 atom stereocenters. The molecule has 2 rings (SSSR count). The zero-order valence-corrected chi connectivity index (χ0v) is 13.0. The Morgan fingerprint density at radius 3 is 2.80 bits per heavy atom. The molecular weight excluding hydrogens is 250 g/mol. The first-order valence-electron chi connectivity index (χ1n) is 8.17. The lowest BCUT2D eigenvalue weighted by Crippen LogP contribution is -2.38. The van der Waals surface area contributed by atoms with Gasteiger partial charge >= 0.3 is 0 Å². The highest BCUT2D eigenvalue weighted by Crippen LogP contribution is 2.22. The SMILES string of the molecule is CCNCc1cn(CCN(CC)C2CCCCC2)nn1. The largest absolute Gasteiger partial charge is 0.311 e. The summed E-state index contributed by atoms with van der Waals surface area (Å²) >= 11 is 0. The molecule has 5 nitrogen and oxygen atoms in total. The number of hydrogen-bond acceptors (Lipinski definition) is 4. The van der Waals surface area contributed by atoms with E-state index in [0.29, 0.717) is 0 Å². The molecule has 0 aliphatic heterocycles. The van der Waals surface area contributed by atoms with Crippen LogP contribution in [0.1, 0.15) is 51.6 Å². The Hall–Kier alpha value is -0.940. The number of likely N-dealkylation sites (N-methyl/N-ethyl adjacent to an activating group) is 1. The van der Waals surface area contributed by atoms with E-state index >= 15 is 0 Å². The van der Waals surface area contributed by atoms with Crippen LogP contribution >= 0.6 is 0 Å². The third-order valence-corrected chi connectivity index (χ3v) is 4.26. The van der Waals surface area contributed by atoms with Crippen molar-refractivity contribution in [2.45, 2.75) is 65.1 Å². The van der Waals surface area contributed by atoms with Gasteiger partial charge in [0, 0.05) is 25.3 Å². The van der Waals surface area contributed by atoms with Gasteiger partial charge in [-0.3, -0.25) is 9.58 Å². The summed E-state index contributed by atoms with van der Waals surface area (Å²) in [5.41, 5.74) is 1.03. The second-order valence-corrected chi connectivity index (χ2v) is 5.67. The zero-order chi connectivity index (χ0) is 14.2. The zero-order valence-electron chi connectivity index (χ0n) is 13.0. The van der Waals surface area contributed by atoms with Crippen molar-refractivity contribution in [1.82, 2.24) is 25.2 Å². The van der Waals surface area contributed by atoms with Crippen LogP contribution < -0.4 is 5.32 Å². The molecule has 0 spiro atoms. The molecule has 114 valence electrons. The van der Waals surface area contributed by atoms with Gasteiger partial charge in [-0.05, 0) is 25.9 Å². The molecule has 1 N–H and O–H groups in total. The molecule has 0 amide bonds. The minimum absolute atomic E-state index is 0.790. The molecule has 0 aromatic carbocycles. The van der Waals surface area contributed by atoms with Crippen LogP contribution in [0.4, 0.5) is 0 Å². The molecule has 5 heteroatoms. The average Bonchev–Trinajstić information content (AvgIpc) is 2.95. The van der Waals surface area contributed by atoms with Gasteiger partial charge in [0.2, 0.25) is 0 Å². The fraction of sp³-hybridized carbons (Fsp3) is 0.867. The van der Waals surface area contributed by atoms with E-state index < -0.39 is 0 Å². The maximum atomic E-state index is 4.22. The van der Waals surface area contributed by atoms with Crippen LogP contribution in [0.5, 0.6) is 0 Å². The number of rotatable bonds is 8. The van der Waals surface area contributed by atoms with E-state index in [2.05, 4.69) is 40.6 Å². The quantitative estimate of drug-likeness (QED) is 0.791. The van der Waals surface area contributed by atoms with Gasteiger partial charge in [-0.15, -0.1) is 5.10 Å². The summed E-state index contributed by atoms with van der Waals surface area (Å²) in [5, 5.41) is 11.7. The lowest BCUT2D eigenvalue weighted by molar-refractivity contribution is 0.156. The third-order valence-electron chi connectivity index (χ3n) is 4.26. The lowest BCUT2D eigenvalue weighted by Gasteiger charge is -2.33. The van der Waals surface area contributed by atoms with E-state index in [1.807, 2.05) is 4.68 Å². The van der Waals surface area contributed by atoms with E-state index in [9.17, 15) is 0 Å². The maximum Gasteiger partial charge on any atom is 0.0964 e. The molecule has 0 unspecified atom stereocenters. The lowest BCUT2D eigenvalue weighted by atomic mass is 9.94. The monoisotopic (exact) mass is 279 g/mol. The highest BCUT2D eigenvalue weighted by molar-refractivity contribution is 4.91. The van der Waals surface area contributed by atoms with Gasteiger partial charge in [-0.25, -0.2) is 0 Å². The van der Waals surface area contributed by atoms with Crippen LogP contribution in [0.3, 0.4) is 0 Å². The summed E-state index contributed by atoms with van der Waals surface area (Å²) in [6.07, 6.45) is 9.03. The fourth-order valence-electron chi connectivity index (χ4n) is 3.06. The molecule has 1 aliphatic carbocycles.